The van der Waals surface area contributed by atoms with Crippen LogP contribution in [0.5, 0.6) is 0 Å². The molecule has 0 aliphatic heterocycles. The number of hydrogen-bond donors (Lipinski definition) is 3. The molecule has 1 aromatic rings. The number of carbonyl (C=O) groups excluding carboxylic acids is 1. The number of aliphatic hydroxyl groups is 1. The lowest BCUT2D eigenvalue weighted by molar-refractivity contribution is -0.148. The van der Waals surface area contributed by atoms with Gasteiger partial charge in [0.1, 0.15) is 0 Å². The van der Waals surface area contributed by atoms with Crippen molar-refractivity contribution in [1.29, 1.82) is 0 Å². The van der Waals surface area contributed by atoms with Crippen LogP contribution in [0.1, 0.15) is 31.4 Å². The lowest BCUT2D eigenvalue weighted by Gasteiger charge is -2.21. The molecule has 0 aliphatic carbocycles. The first kappa shape index (κ1) is 25.7. The molecule has 0 fully saturated rings. The summed E-state index contributed by atoms with van der Waals surface area (Å²) in [6, 6.07) is 7.35. The SMILES string of the molecule is CCCCOC(=O)NC(c1ccccc1)C(O)C(=O)O.O.O.O. The van der Waals surface area contributed by atoms with E-state index >= 15 is 0 Å². The zero-order valence-corrected chi connectivity index (χ0v) is 12.8. The van der Waals surface area contributed by atoms with Crippen LogP contribution >= 0.6 is 0 Å². The number of aliphatic carboxylic acids is 1. The monoisotopic (exact) mass is 335 g/mol. The topological polar surface area (TPSA) is 190 Å². The van der Waals surface area contributed by atoms with E-state index in [1.54, 1.807) is 30.3 Å². The lowest BCUT2D eigenvalue weighted by atomic mass is 10.0. The summed E-state index contributed by atoms with van der Waals surface area (Å²) in [4.78, 5) is 22.5. The molecule has 1 rings (SSSR count). The summed E-state index contributed by atoms with van der Waals surface area (Å²) in [6.07, 6.45) is -0.873. The summed E-state index contributed by atoms with van der Waals surface area (Å²) in [7, 11) is 0. The first-order chi connectivity index (χ1) is 9.56. The van der Waals surface area contributed by atoms with Crippen LogP contribution in [-0.4, -0.2) is 51.4 Å². The standard InChI is InChI=1S/C14H19NO5.3H2O/c1-2-3-9-20-14(19)15-11(12(16)13(17)18)10-7-5-4-6-8-10;;;/h4-8,11-12,16H,2-3,9H2,1H3,(H,15,19)(H,17,18);3*1H2. The van der Waals surface area contributed by atoms with Crippen LogP contribution < -0.4 is 5.32 Å². The fourth-order valence-electron chi connectivity index (χ4n) is 1.63. The van der Waals surface area contributed by atoms with Gasteiger partial charge in [0, 0.05) is 0 Å². The third-order valence-electron chi connectivity index (χ3n) is 2.73. The van der Waals surface area contributed by atoms with Crippen LogP contribution in [0.3, 0.4) is 0 Å². The van der Waals surface area contributed by atoms with Crippen molar-refractivity contribution in [3.8, 4) is 0 Å². The van der Waals surface area contributed by atoms with Gasteiger partial charge in [-0.3, -0.25) is 0 Å². The van der Waals surface area contributed by atoms with Crippen molar-refractivity contribution < 1.29 is 41.0 Å². The Morgan fingerprint density at radius 3 is 2.22 bits per heavy atom. The minimum atomic E-state index is -1.74. The summed E-state index contributed by atoms with van der Waals surface area (Å²) in [5, 5.41) is 21.0. The second-order valence-electron chi connectivity index (χ2n) is 4.31. The van der Waals surface area contributed by atoms with Crippen LogP contribution in [0, 0.1) is 0 Å². The molecule has 2 unspecified atom stereocenters. The van der Waals surface area contributed by atoms with Crippen LogP contribution in [0.2, 0.25) is 0 Å². The minimum Gasteiger partial charge on any atom is -0.479 e. The summed E-state index contributed by atoms with van der Waals surface area (Å²) in [5.74, 6) is -1.41. The van der Waals surface area contributed by atoms with Crippen molar-refractivity contribution in [3.05, 3.63) is 35.9 Å². The van der Waals surface area contributed by atoms with Gasteiger partial charge in [-0.25, -0.2) is 9.59 Å². The normalized spacial score (nSPS) is 11.6. The van der Waals surface area contributed by atoms with E-state index in [2.05, 4.69) is 5.32 Å². The average Bonchev–Trinajstić information content (AvgIpc) is 2.45. The fourth-order valence-corrected chi connectivity index (χ4v) is 1.63. The third kappa shape index (κ3) is 8.73. The number of carbonyl (C=O) groups is 2. The molecular formula is C14H25NO8. The smallest absolute Gasteiger partial charge is 0.407 e. The molecule has 9 N–H and O–H groups in total. The predicted molar refractivity (Wildman–Crippen MR) is 83.1 cm³/mol. The zero-order chi connectivity index (χ0) is 15.0. The Bertz CT molecular complexity index is 440. The molecule has 9 heteroatoms. The Morgan fingerprint density at radius 2 is 1.74 bits per heavy atom. The highest BCUT2D eigenvalue weighted by atomic mass is 16.5. The molecule has 23 heavy (non-hydrogen) atoms. The van der Waals surface area contributed by atoms with Crippen LogP contribution in [0.4, 0.5) is 4.79 Å². The number of benzene rings is 1. The molecule has 9 nitrogen and oxygen atoms in total. The van der Waals surface area contributed by atoms with Gasteiger partial charge in [-0.15, -0.1) is 0 Å². The number of ether oxygens (including phenoxy) is 1. The summed E-state index contributed by atoms with van der Waals surface area (Å²) in [5.41, 5.74) is 0.495. The highest BCUT2D eigenvalue weighted by Gasteiger charge is 2.29. The van der Waals surface area contributed by atoms with E-state index < -0.39 is 24.2 Å². The number of aliphatic hydroxyl groups excluding tert-OH is 1. The number of hydrogen-bond acceptors (Lipinski definition) is 4. The Labute approximate surface area is 133 Å². The van der Waals surface area contributed by atoms with Crippen LogP contribution in [-0.2, 0) is 9.53 Å². The second kappa shape index (κ2) is 13.5. The van der Waals surface area contributed by atoms with Crippen molar-refractivity contribution in [2.45, 2.75) is 31.9 Å². The number of carboxylic acids is 1. The highest BCUT2D eigenvalue weighted by Crippen LogP contribution is 2.17. The molecule has 0 aromatic heterocycles. The van der Waals surface area contributed by atoms with Gasteiger partial charge in [-0.2, -0.15) is 0 Å². The quantitative estimate of drug-likeness (QED) is 0.550. The van der Waals surface area contributed by atoms with E-state index in [1.165, 1.54) is 0 Å². The Balaban J connectivity index is -0.00000133. The zero-order valence-electron chi connectivity index (χ0n) is 12.8. The van der Waals surface area contributed by atoms with Gasteiger partial charge < -0.3 is 36.7 Å². The highest BCUT2D eigenvalue weighted by molar-refractivity contribution is 5.75. The number of alkyl carbamates (subject to hydrolysis) is 1. The molecule has 0 aliphatic rings. The maximum atomic E-state index is 11.6. The molecule has 0 saturated heterocycles. The Kier molecular flexibility index (Phi) is 15.1. The van der Waals surface area contributed by atoms with Gasteiger partial charge in [-0.1, -0.05) is 43.7 Å². The maximum absolute atomic E-state index is 11.6. The van der Waals surface area contributed by atoms with Gasteiger partial charge in [-0.05, 0) is 12.0 Å². The third-order valence-corrected chi connectivity index (χ3v) is 2.73. The van der Waals surface area contributed by atoms with Gasteiger partial charge in [0.05, 0.1) is 12.6 Å². The summed E-state index contributed by atoms with van der Waals surface area (Å²) < 4.78 is 4.91. The van der Waals surface area contributed by atoms with Gasteiger partial charge in [0.2, 0.25) is 0 Å². The van der Waals surface area contributed by atoms with Crippen LogP contribution in [0.15, 0.2) is 30.3 Å². The largest absolute Gasteiger partial charge is 0.479 e. The maximum Gasteiger partial charge on any atom is 0.407 e. The number of nitrogens with one attached hydrogen (secondary N) is 1. The van der Waals surface area contributed by atoms with Gasteiger partial charge >= 0.3 is 12.1 Å². The fraction of sp³-hybridized carbons (Fsp3) is 0.429. The predicted octanol–water partition coefficient (Wildman–Crippen LogP) is -0.775. The van der Waals surface area contributed by atoms with Gasteiger partial charge in [0.25, 0.3) is 0 Å². The average molecular weight is 335 g/mol. The molecule has 1 aromatic carbocycles. The second-order valence-corrected chi connectivity index (χ2v) is 4.31. The molecule has 0 spiro atoms. The molecule has 1 amide bonds. The van der Waals surface area contributed by atoms with Crippen molar-refractivity contribution in [2.75, 3.05) is 6.61 Å². The van der Waals surface area contributed by atoms with E-state index in [0.29, 0.717) is 5.56 Å². The first-order valence-corrected chi connectivity index (χ1v) is 6.45. The molecule has 134 valence electrons. The lowest BCUT2D eigenvalue weighted by Crippen LogP contribution is -2.40. The van der Waals surface area contributed by atoms with Crippen LogP contribution in [0.25, 0.3) is 0 Å². The number of carboxylic acid groups (broad SMARTS) is 1. The van der Waals surface area contributed by atoms with Crippen molar-refractivity contribution in [2.24, 2.45) is 0 Å². The van der Waals surface area contributed by atoms with E-state index in [4.69, 9.17) is 9.84 Å². The summed E-state index contributed by atoms with van der Waals surface area (Å²) >= 11 is 0. The molecule has 0 bridgehead atoms. The Hall–Kier alpha value is -2.20. The molecule has 0 heterocycles. The number of amides is 1. The molecule has 0 radical (unpaired) electrons. The first-order valence-electron chi connectivity index (χ1n) is 6.45. The molecule has 0 saturated carbocycles. The number of rotatable bonds is 7. The van der Waals surface area contributed by atoms with Crippen molar-refractivity contribution in [3.63, 3.8) is 0 Å². The van der Waals surface area contributed by atoms with E-state index in [0.717, 1.165) is 12.8 Å². The minimum absolute atomic E-state index is 0. The number of unbranched alkanes of at least 4 members (excludes halogenated alkanes) is 1. The van der Waals surface area contributed by atoms with E-state index in [-0.39, 0.29) is 23.0 Å². The molecular weight excluding hydrogens is 310 g/mol. The van der Waals surface area contributed by atoms with E-state index in [9.17, 15) is 14.7 Å². The van der Waals surface area contributed by atoms with E-state index in [1.807, 2.05) is 6.92 Å². The van der Waals surface area contributed by atoms with Crippen molar-refractivity contribution in [1.82, 2.24) is 5.32 Å². The molecule has 2 atom stereocenters. The Morgan fingerprint density at radius 1 is 1.17 bits per heavy atom. The van der Waals surface area contributed by atoms with Crippen molar-refractivity contribution >= 4 is 12.1 Å². The van der Waals surface area contributed by atoms with Gasteiger partial charge in [0.15, 0.2) is 6.10 Å². The summed E-state index contributed by atoms with van der Waals surface area (Å²) in [6.45, 7) is 2.22.